The average Bonchev–Trinajstić information content (AvgIpc) is 3.26. The van der Waals surface area contributed by atoms with Gasteiger partial charge in [-0.3, -0.25) is 9.48 Å². The van der Waals surface area contributed by atoms with E-state index in [-0.39, 0.29) is 28.7 Å². The molecular weight excluding hydrogens is 446 g/mol. The molecule has 2 aliphatic heterocycles. The fourth-order valence-electron chi connectivity index (χ4n) is 4.39. The standard InChI is InChI=1S/C24H28F2N4O4/c1-15(24(2,25)26)34-20-5-4-16(12-27)22(32-3)21(20)23(31)29-9-6-19-17(14-29)13-28-30(19)18-7-10-33-11-8-18/h4-5,13,15,18H,6-11,14H2,1-3H3. The van der Waals surface area contributed by atoms with E-state index in [1.807, 2.05) is 6.07 Å². The van der Waals surface area contributed by atoms with E-state index in [4.69, 9.17) is 14.2 Å². The van der Waals surface area contributed by atoms with Gasteiger partial charge in [0.2, 0.25) is 0 Å². The highest BCUT2D eigenvalue weighted by Crippen LogP contribution is 2.36. The molecule has 2 aliphatic rings. The van der Waals surface area contributed by atoms with Crippen molar-refractivity contribution in [3.63, 3.8) is 0 Å². The van der Waals surface area contributed by atoms with Crippen LogP contribution in [0.4, 0.5) is 8.78 Å². The molecule has 182 valence electrons. The summed E-state index contributed by atoms with van der Waals surface area (Å²) < 4.78 is 46.0. The first-order chi connectivity index (χ1) is 16.2. The minimum Gasteiger partial charge on any atom is -0.494 e. The Morgan fingerprint density at radius 3 is 2.74 bits per heavy atom. The molecule has 8 nitrogen and oxygen atoms in total. The average molecular weight is 475 g/mol. The van der Waals surface area contributed by atoms with E-state index in [0.29, 0.717) is 32.7 Å². The number of nitrogens with zero attached hydrogens (tertiary/aromatic N) is 4. The van der Waals surface area contributed by atoms with E-state index < -0.39 is 17.9 Å². The van der Waals surface area contributed by atoms with Crippen LogP contribution in [0.2, 0.25) is 0 Å². The number of carbonyl (C=O) groups excluding carboxylic acids is 1. The molecule has 1 fully saturated rings. The summed E-state index contributed by atoms with van der Waals surface area (Å²) in [6.45, 7) is 4.13. The van der Waals surface area contributed by atoms with Gasteiger partial charge in [-0.25, -0.2) is 8.78 Å². The van der Waals surface area contributed by atoms with Gasteiger partial charge in [-0.2, -0.15) is 10.4 Å². The molecule has 1 aromatic heterocycles. The fourth-order valence-corrected chi connectivity index (χ4v) is 4.39. The number of hydrogen-bond donors (Lipinski definition) is 0. The topological polar surface area (TPSA) is 89.6 Å². The Bertz CT molecular complexity index is 1100. The molecule has 0 spiro atoms. The molecule has 4 rings (SSSR count). The normalized spacial score (nSPS) is 17.6. The third-order valence-electron chi connectivity index (χ3n) is 6.46. The Kier molecular flexibility index (Phi) is 6.75. The van der Waals surface area contributed by atoms with Gasteiger partial charge in [-0.05, 0) is 31.9 Å². The number of ether oxygens (including phenoxy) is 3. The molecule has 34 heavy (non-hydrogen) atoms. The maximum Gasteiger partial charge on any atom is 0.281 e. The highest BCUT2D eigenvalue weighted by atomic mass is 19.3. The number of carbonyl (C=O) groups is 1. The number of aromatic nitrogens is 2. The maximum atomic E-state index is 13.8. The molecule has 2 aromatic rings. The highest BCUT2D eigenvalue weighted by Gasteiger charge is 2.36. The van der Waals surface area contributed by atoms with Crippen LogP contribution in [-0.2, 0) is 17.7 Å². The molecule has 10 heteroatoms. The van der Waals surface area contributed by atoms with Crippen LogP contribution >= 0.6 is 0 Å². The molecule has 3 heterocycles. The minimum atomic E-state index is -3.12. The van der Waals surface area contributed by atoms with Gasteiger partial charge in [0.05, 0.1) is 24.9 Å². The van der Waals surface area contributed by atoms with Crippen LogP contribution in [0.25, 0.3) is 0 Å². The molecule has 0 aliphatic carbocycles. The Morgan fingerprint density at radius 1 is 1.35 bits per heavy atom. The van der Waals surface area contributed by atoms with Gasteiger partial charge in [0.15, 0.2) is 11.9 Å². The van der Waals surface area contributed by atoms with E-state index in [1.54, 1.807) is 11.1 Å². The third kappa shape index (κ3) is 4.57. The first-order valence-corrected chi connectivity index (χ1v) is 11.3. The largest absolute Gasteiger partial charge is 0.494 e. The number of alkyl halides is 2. The van der Waals surface area contributed by atoms with Crippen LogP contribution in [0.3, 0.4) is 0 Å². The molecule has 1 aromatic carbocycles. The van der Waals surface area contributed by atoms with E-state index in [9.17, 15) is 18.8 Å². The monoisotopic (exact) mass is 474 g/mol. The summed E-state index contributed by atoms with van der Waals surface area (Å²) in [5.74, 6) is -3.60. The van der Waals surface area contributed by atoms with Crippen LogP contribution in [0, 0.1) is 11.3 Å². The van der Waals surface area contributed by atoms with E-state index in [2.05, 4.69) is 9.78 Å². The molecule has 0 bridgehead atoms. The van der Waals surface area contributed by atoms with Crippen molar-refractivity contribution in [1.29, 1.82) is 5.26 Å². The minimum absolute atomic E-state index is 0.0142. The van der Waals surface area contributed by atoms with Crippen molar-refractivity contribution >= 4 is 5.91 Å². The number of nitriles is 1. The number of methoxy groups -OCH3 is 1. The molecular formula is C24H28F2N4O4. The number of rotatable bonds is 6. The summed E-state index contributed by atoms with van der Waals surface area (Å²) in [4.78, 5) is 15.3. The van der Waals surface area contributed by atoms with Gasteiger partial charge in [0.25, 0.3) is 11.8 Å². The van der Waals surface area contributed by atoms with Gasteiger partial charge >= 0.3 is 0 Å². The van der Waals surface area contributed by atoms with Crippen molar-refractivity contribution in [1.82, 2.24) is 14.7 Å². The van der Waals surface area contributed by atoms with Gasteiger partial charge < -0.3 is 19.1 Å². The number of benzene rings is 1. The molecule has 0 radical (unpaired) electrons. The SMILES string of the molecule is COc1c(C#N)ccc(OC(C)C(C)(F)F)c1C(=O)N1CCc2c(cnn2C2CCOCC2)C1. The Labute approximate surface area is 197 Å². The first-order valence-electron chi connectivity index (χ1n) is 11.3. The van der Waals surface area contributed by atoms with Crippen molar-refractivity contribution in [2.45, 2.75) is 57.7 Å². The van der Waals surface area contributed by atoms with Crippen molar-refractivity contribution in [2.75, 3.05) is 26.9 Å². The van der Waals surface area contributed by atoms with Gasteiger partial charge in [-0.1, -0.05) is 0 Å². The Balaban J connectivity index is 1.64. The van der Waals surface area contributed by atoms with Crippen molar-refractivity contribution < 1.29 is 27.8 Å². The second kappa shape index (κ2) is 9.58. The van der Waals surface area contributed by atoms with Gasteiger partial charge in [0.1, 0.15) is 17.4 Å². The summed E-state index contributed by atoms with van der Waals surface area (Å²) in [6, 6.07) is 5.04. The van der Waals surface area contributed by atoms with Crippen LogP contribution in [-0.4, -0.2) is 59.5 Å². The zero-order valence-electron chi connectivity index (χ0n) is 19.5. The smallest absolute Gasteiger partial charge is 0.281 e. The summed E-state index contributed by atoms with van der Waals surface area (Å²) in [7, 11) is 1.33. The quantitative estimate of drug-likeness (QED) is 0.634. The lowest BCUT2D eigenvalue weighted by molar-refractivity contribution is -0.0720. The lowest BCUT2D eigenvalue weighted by Gasteiger charge is -2.31. The molecule has 0 N–H and O–H groups in total. The van der Waals surface area contributed by atoms with E-state index in [0.717, 1.165) is 31.0 Å². The lowest BCUT2D eigenvalue weighted by Crippen LogP contribution is -2.38. The maximum absolute atomic E-state index is 13.8. The predicted octanol–water partition coefficient (Wildman–Crippen LogP) is 3.74. The molecule has 1 amide bonds. The summed E-state index contributed by atoms with van der Waals surface area (Å²) in [5.41, 5.74) is 2.14. The van der Waals surface area contributed by atoms with Gasteiger partial charge in [0, 0.05) is 50.9 Å². The van der Waals surface area contributed by atoms with Crippen LogP contribution < -0.4 is 9.47 Å². The Morgan fingerprint density at radius 2 is 2.09 bits per heavy atom. The molecule has 0 saturated carbocycles. The third-order valence-corrected chi connectivity index (χ3v) is 6.46. The highest BCUT2D eigenvalue weighted by molar-refractivity contribution is 6.00. The van der Waals surface area contributed by atoms with Gasteiger partial charge in [-0.15, -0.1) is 0 Å². The zero-order chi connectivity index (χ0) is 24.5. The summed E-state index contributed by atoms with van der Waals surface area (Å²) in [5, 5.41) is 14.1. The fraction of sp³-hybridized carbons (Fsp3) is 0.542. The van der Waals surface area contributed by atoms with E-state index >= 15 is 0 Å². The van der Waals surface area contributed by atoms with Crippen LogP contribution in [0.15, 0.2) is 18.3 Å². The first kappa shape index (κ1) is 24.0. The summed E-state index contributed by atoms with van der Waals surface area (Å²) in [6.07, 6.45) is 2.70. The molecule has 1 unspecified atom stereocenters. The van der Waals surface area contributed by atoms with Crippen molar-refractivity contribution in [3.8, 4) is 17.6 Å². The van der Waals surface area contributed by atoms with Crippen LogP contribution in [0.5, 0.6) is 11.5 Å². The predicted molar refractivity (Wildman–Crippen MR) is 118 cm³/mol. The Hall–Kier alpha value is -3.19. The number of fused-ring (bicyclic) bond motifs is 1. The second-order valence-corrected chi connectivity index (χ2v) is 8.73. The van der Waals surface area contributed by atoms with Crippen molar-refractivity contribution in [2.24, 2.45) is 0 Å². The summed E-state index contributed by atoms with van der Waals surface area (Å²) >= 11 is 0. The molecule has 1 atom stereocenters. The van der Waals surface area contributed by atoms with Crippen molar-refractivity contribution in [3.05, 3.63) is 40.7 Å². The second-order valence-electron chi connectivity index (χ2n) is 8.73. The number of hydrogen-bond acceptors (Lipinski definition) is 6. The van der Waals surface area contributed by atoms with Crippen LogP contribution in [0.1, 0.15) is 59.9 Å². The van der Waals surface area contributed by atoms with E-state index in [1.165, 1.54) is 26.2 Å². The number of amides is 1. The number of halogens is 2. The lowest BCUT2D eigenvalue weighted by atomic mass is 10.0. The molecule has 1 saturated heterocycles. The zero-order valence-corrected chi connectivity index (χ0v) is 19.5.